The molecule has 0 aliphatic heterocycles. The summed E-state index contributed by atoms with van der Waals surface area (Å²) < 4.78 is 17.6. The fourth-order valence-corrected chi connectivity index (χ4v) is 0.663. The summed E-state index contributed by atoms with van der Waals surface area (Å²) in [5.41, 5.74) is 2.85. The van der Waals surface area contributed by atoms with Crippen molar-refractivity contribution in [1.82, 2.24) is 0 Å². The van der Waals surface area contributed by atoms with E-state index in [4.69, 9.17) is 8.76 Å². The van der Waals surface area contributed by atoms with Crippen LogP contribution in [0.2, 0.25) is 0 Å². The van der Waals surface area contributed by atoms with Crippen LogP contribution in [0, 0.1) is 0 Å². The zero-order valence-electron chi connectivity index (χ0n) is 5.11. The first-order chi connectivity index (χ1) is 4.70. The lowest BCUT2D eigenvalue weighted by atomic mass is 9.95. The van der Waals surface area contributed by atoms with Gasteiger partial charge in [-0.1, -0.05) is 24.3 Å². The molecule has 2 aliphatic rings. The molecule has 1 atom stereocenters. The second-order valence-electron chi connectivity index (χ2n) is 1.84. The minimum absolute atomic E-state index is 1.43. The van der Waals surface area contributed by atoms with Crippen molar-refractivity contribution in [2.75, 3.05) is 0 Å². The minimum Gasteiger partial charge on any atom is -0.760 e. The minimum atomic E-state index is -2.36. The average Bonchev–Trinajstić information content (AvgIpc) is 1.77. The van der Waals surface area contributed by atoms with Crippen LogP contribution in [0.15, 0.2) is 24.3 Å². The molecule has 54 valence electrons. The van der Waals surface area contributed by atoms with Gasteiger partial charge in [0.1, 0.15) is 0 Å². The highest BCUT2D eigenvalue weighted by Gasteiger charge is 2.03. The monoisotopic (exact) mass is 156 g/mol. The Balaban J connectivity index is 0.000000112. The molecule has 0 saturated carbocycles. The van der Waals surface area contributed by atoms with E-state index in [2.05, 4.69) is 29.4 Å². The maximum atomic E-state index is 8.78. The van der Waals surface area contributed by atoms with Crippen LogP contribution in [0.5, 0.6) is 0 Å². The van der Waals surface area contributed by atoms with E-state index in [1.807, 2.05) is 0 Å². The van der Waals surface area contributed by atoms with Gasteiger partial charge < -0.3 is 4.55 Å². The van der Waals surface area contributed by atoms with Gasteiger partial charge in [0.2, 0.25) is 0 Å². The van der Waals surface area contributed by atoms with Crippen LogP contribution in [0.3, 0.4) is 0 Å². The molecular weight excluding hydrogens is 150 g/mol. The van der Waals surface area contributed by atoms with Crippen molar-refractivity contribution < 1.29 is 8.76 Å². The summed E-state index contributed by atoms with van der Waals surface area (Å²) in [6, 6.07) is 8.48. The molecule has 0 fully saturated rings. The standard InChI is InChI=1S/C6H4.H3NO2S/c1-2-6-4-3-5(1)6;1-4(2)3/h1-4H;1H2,(H,2,3)/p-1. The van der Waals surface area contributed by atoms with E-state index in [0.717, 1.165) is 0 Å². The van der Waals surface area contributed by atoms with Crippen molar-refractivity contribution >= 4 is 11.3 Å². The number of benzene rings is 1. The third kappa shape index (κ3) is 1.63. The molecule has 0 amide bonds. The molecule has 2 aliphatic carbocycles. The highest BCUT2D eigenvalue weighted by Crippen LogP contribution is 2.29. The van der Waals surface area contributed by atoms with Gasteiger partial charge in [-0.15, -0.1) is 0 Å². The molecule has 0 heterocycles. The molecule has 0 aromatic carbocycles. The van der Waals surface area contributed by atoms with E-state index in [1.165, 1.54) is 11.1 Å². The zero-order chi connectivity index (χ0) is 7.56. The lowest BCUT2D eigenvalue weighted by Gasteiger charge is -2.10. The molecule has 0 spiro atoms. The predicted molar refractivity (Wildman–Crippen MR) is 38.5 cm³/mol. The molecule has 4 heteroatoms. The molecule has 1 unspecified atom stereocenters. The molecule has 0 bridgehead atoms. The topological polar surface area (TPSA) is 66.2 Å². The Hall–Kier alpha value is -0.710. The Morgan fingerprint density at radius 1 is 1.20 bits per heavy atom. The van der Waals surface area contributed by atoms with Crippen molar-refractivity contribution in [2.24, 2.45) is 5.14 Å². The Bertz CT molecular complexity index is 219. The summed E-state index contributed by atoms with van der Waals surface area (Å²) in [4.78, 5) is 0. The number of nitrogens with two attached hydrogens (primary N) is 1. The van der Waals surface area contributed by atoms with Crippen molar-refractivity contribution in [3.8, 4) is 11.1 Å². The number of rotatable bonds is 0. The molecule has 3 nitrogen and oxygen atoms in total. The van der Waals surface area contributed by atoms with E-state index >= 15 is 0 Å². The Morgan fingerprint density at radius 2 is 1.40 bits per heavy atom. The van der Waals surface area contributed by atoms with Gasteiger partial charge in [-0.2, -0.15) is 0 Å². The third-order valence-electron chi connectivity index (χ3n) is 1.22. The van der Waals surface area contributed by atoms with Gasteiger partial charge in [-0.3, -0.25) is 9.35 Å². The number of fused-ring (bicyclic) bond motifs is 1. The lowest BCUT2D eigenvalue weighted by molar-refractivity contribution is 0.539. The molecule has 0 aromatic rings. The second-order valence-corrected chi connectivity index (χ2v) is 2.36. The van der Waals surface area contributed by atoms with Crippen LogP contribution in [0.1, 0.15) is 0 Å². The molecule has 0 aromatic heterocycles. The quantitative estimate of drug-likeness (QED) is 0.561. The van der Waals surface area contributed by atoms with E-state index < -0.39 is 11.3 Å². The van der Waals surface area contributed by atoms with E-state index in [-0.39, 0.29) is 0 Å². The van der Waals surface area contributed by atoms with Gasteiger partial charge >= 0.3 is 0 Å². The number of hydrogen-bond donors (Lipinski definition) is 1. The maximum Gasteiger partial charge on any atom is 0.0152 e. The molecule has 2 rings (SSSR count). The highest BCUT2D eigenvalue weighted by molar-refractivity contribution is 7.76. The van der Waals surface area contributed by atoms with Gasteiger partial charge in [0.05, 0.1) is 0 Å². The van der Waals surface area contributed by atoms with Gasteiger partial charge in [-0.05, 0) is 11.1 Å². The fourth-order valence-electron chi connectivity index (χ4n) is 0.663. The van der Waals surface area contributed by atoms with E-state index in [1.54, 1.807) is 0 Å². The van der Waals surface area contributed by atoms with E-state index in [0.29, 0.717) is 0 Å². The van der Waals surface area contributed by atoms with Crippen LogP contribution < -0.4 is 5.14 Å². The van der Waals surface area contributed by atoms with Crippen molar-refractivity contribution in [3.05, 3.63) is 24.3 Å². The Kier molecular flexibility index (Phi) is 2.16. The largest absolute Gasteiger partial charge is 0.760 e. The van der Waals surface area contributed by atoms with Gasteiger partial charge in [0.25, 0.3) is 0 Å². The summed E-state index contributed by atoms with van der Waals surface area (Å²) in [5.74, 6) is 0. The molecule has 10 heavy (non-hydrogen) atoms. The summed E-state index contributed by atoms with van der Waals surface area (Å²) in [5, 5.41) is 4.03. The first-order valence-electron chi connectivity index (χ1n) is 2.64. The molecule has 0 saturated heterocycles. The SMILES string of the molecule is NS(=O)[O-].c1cc2ccc1-2. The first kappa shape index (κ1) is 7.40. The van der Waals surface area contributed by atoms with Crippen molar-refractivity contribution in [2.45, 2.75) is 0 Å². The Labute approximate surface area is 61.3 Å². The zero-order valence-corrected chi connectivity index (χ0v) is 5.93. The molecule has 0 radical (unpaired) electrons. The summed E-state index contributed by atoms with van der Waals surface area (Å²) in [6.45, 7) is 0. The first-order valence-corrected chi connectivity index (χ1v) is 3.78. The predicted octanol–water partition coefficient (Wildman–Crippen LogP) is 0.406. The van der Waals surface area contributed by atoms with Crippen LogP contribution in [-0.2, 0) is 11.3 Å². The summed E-state index contributed by atoms with van der Waals surface area (Å²) in [6.07, 6.45) is 0. The summed E-state index contributed by atoms with van der Waals surface area (Å²) >= 11 is -2.36. The maximum absolute atomic E-state index is 8.78. The van der Waals surface area contributed by atoms with Crippen molar-refractivity contribution in [1.29, 1.82) is 0 Å². The number of hydrogen-bond acceptors (Lipinski definition) is 2. The fraction of sp³-hybridized carbons (Fsp3) is 0. The molecule has 2 N–H and O–H groups in total. The van der Waals surface area contributed by atoms with Crippen LogP contribution >= 0.6 is 0 Å². The van der Waals surface area contributed by atoms with Crippen molar-refractivity contribution in [3.63, 3.8) is 0 Å². The average molecular weight is 156 g/mol. The van der Waals surface area contributed by atoms with Gasteiger partial charge in [0.15, 0.2) is 0 Å². The normalized spacial score (nSPS) is 13.0. The van der Waals surface area contributed by atoms with Crippen LogP contribution in [-0.4, -0.2) is 8.76 Å². The van der Waals surface area contributed by atoms with Gasteiger partial charge in [-0.25, -0.2) is 0 Å². The van der Waals surface area contributed by atoms with E-state index in [9.17, 15) is 0 Å². The Morgan fingerprint density at radius 3 is 1.40 bits per heavy atom. The highest BCUT2D eigenvalue weighted by atomic mass is 32.2. The lowest BCUT2D eigenvalue weighted by Crippen LogP contribution is -1.97. The second kappa shape index (κ2) is 2.92. The summed E-state index contributed by atoms with van der Waals surface area (Å²) in [7, 11) is 0. The van der Waals surface area contributed by atoms with Gasteiger partial charge in [0, 0.05) is 11.3 Å². The third-order valence-corrected chi connectivity index (χ3v) is 1.22. The van der Waals surface area contributed by atoms with Crippen LogP contribution in [0.25, 0.3) is 11.1 Å². The smallest absolute Gasteiger partial charge is 0.0152 e. The van der Waals surface area contributed by atoms with Crippen LogP contribution in [0.4, 0.5) is 0 Å². The molecular formula is C6H6NO2S-.